The standard InChI is InChI=1S/C27H38N2O2S/c1-4-6-8-14-25(30)28(17-11-7-5-2)20-26(31)29-18-15-24-23(16-19-32-24)27(29)22-13-10-9-12-21(22)3/h9-10,12-13,16,19,27H,4-8,11,14-15,17-18,20H2,1-3H3. The van der Waals surface area contributed by atoms with Gasteiger partial charge in [-0.25, -0.2) is 0 Å². The Labute approximate surface area is 197 Å². The lowest BCUT2D eigenvalue weighted by molar-refractivity contribution is -0.142. The second kappa shape index (κ2) is 12.2. The van der Waals surface area contributed by atoms with Crippen LogP contribution in [0.3, 0.4) is 0 Å². The highest BCUT2D eigenvalue weighted by Crippen LogP contribution is 2.39. The van der Waals surface area contributed by atoms with Gasteiger partial charge in [0, 0.05) is 24.4 Å². The van der Waals surface area contributed by atoms with Gasteiger partial charge in [-0.3, -0.25) is 9.59 Å². The highest BCUT2D eigenvalue weighted by Gasteiger charge is 2.34. The lowest BCUT2D eigenvalue weighted by atomic mass is 9.90. The summed E-state index contributed by atoms with van der Waals surface area (Å²) in [5, 5.41) is 2.14. The molecule has 174 valence electrons. The average Bonchev–Trinajstić information content (AvgIpc) is 3.27. The van der Waals surface area contributed by atoms with Crippen LogP contribution in [0, 0.1) is 6.92 Å². The first kappa shape index (κ1) is 24.5. The first-order valence-electron chi connectivity index (χ1n) is 12.3. The largest absolute Gasteiger partial charge is 0.333 e. The van der Waals surface area contributed by atoms with E-state index in [4.69, 9.17) is 0 Å². The molecule has 0 fully saturated rings. The van der Waals surface area contributed by atoms with Gasteiger partial charge in [0.1, 0.15) is 0 Å². The summed E-state index contributed by atoms with van der Waals surface area (Å²) in [5.41, 5.74) is 3.63. The third-order valence-corrected chi connectivity index (χ3v) is 7.47. The van der Waals surface area contributed by atoms with Crippen LogP contribution in [0.1, 0.15) is 86.4 Å². The highest BCUT2D eigenvalue weighted by atomic mass is 32.1. The van der Waals surface area contributed by atoms with Gasteiger partial charge in [0.25, 0.3) is 0 Å². The number of rotatable bonds is 11. The number of nitrogens with zero attached hydrogens (tertiary/aromatic N) is 2. The van der Waals surface area contributed by atoms with Crippen molar-refractivity contribution in [2.45, 2.75) is 78.2 Å². The number of amides is 2. The molecule has 4 nitrogen and oxygen atoms in total. The maximum atomic E-state index is 13.6. The Balaban J connectivity index is 1.80. The van der Waals surface area contributed by atoms with E-state index in [1.165, 1.54) is 21.6 Å². The molecule has 1 aliphatic heterocycles. The van der Waals surface area contributed by atoms with Crippen molar-refractivity contribution in [2.24, 2.45) is 0 Å². The van der Waals surface area contributed by atoms with Crippen LogP contribution in [-0.4, -0.2) is 41.2 Å². The number of carbonyl (C=O) groups is 2. The molecule has 1 atom stereocenters. The van der Waals surface area contributed by atoms with Gasteiger partial charge in [-0.15, -0.1) is 11.3 Å². The quantitative estimate of drug-likeness (QED) is 0.383. The van der Waals surface area contributed by atoms with Crippen LogP contribution < -0.4 is 0 Å². The molecule has 32 heavy (non-hydrogen) atoms. The van der Waals surface area contributed by atoms with Gasteiger partial charge in [0.05, 0.1) is 12.6 Å². The molecule has 0 saturated carbocycles. The number of carbonyl (C=O) groups excluding carboxylic acids is 2. The third kappa shape index (κ3) is 6.00. The number of hydrogen-bond donors (Lipinski definition) is 0. The molecule has 1 aromatic heterocycles. The fourth-order valence-corrected chi connectivity index (χ4v) is 5.50. The van der Waals surface area contributed by atoms with Gasteiger partial charge in [-0.05, 0) is 54.3 Å². The summed E-state index contributed by atoms with van der Waals surface area (Å²) >= 11 is 1.78. The summed E-state index contributed by atoms with van der Waals surface area (Å²) in [7, 11) is 0. The van der Waals surface area contributed by atoms with Crippen molar-refractivity contribution in [1.29, 1.82) is 0 Å². The summed E-state index contributed by atoms with van der Waals surface area (Å²) in [4.78, 5) is 31.8. The van der Waals surface area contributed by atoms with Gasteiger partial charge in [-0.1, -0.05) is 63.8 Å². The lowest BCUT2D eigenvalue weighted by Crippen LogP contribution is -2.47. The number of thiophene rings is 1. The molecular weight excluding hydrogens is 416 g/mol. The summed E-state index contributed by atoms with van der Waals surface area (Å²) < 4.78 is 0. The van der Waals surface area contributed by atoms with Crippen LogP contribution in [0.2, 0.25) is 0 Å². The van der Waals surface area contributed by atoms with Crippen molar-refractivity contribution in [1.82, 2.24) is 9.80 Å². The maximum Gasteiger partial charge on any atom is 0.242 e. The Hall–Kier alpha value is -2.14. The van der Waals surface area contributed by atoms with Crippen LogP contribution in [0.25, 0.3) is 0 Å². The van der Waals surface area contributed by atoms with Crippen LogP contribution in [0.4, 0.5) is 0 Å². The molecule has 0 aliphatic carbocycles. The second-order valence-electron chi connectivity index (χ2n) is 8.87. The van der Waals surface area contributed by atoms with Crippen molar-refractivity contribution >= 4 is 23.2 Å². The van der Waals surface area contributed by atoms with E-state index in [0.717, 1.165) is 44.9 Å². The van der Waals surface area contributed by atoms with E-state index in [0.29, 0.717) is 19.5 Å². The number of hydrogen-bond acceptors (Lipinski definition) is 3. The number of benzene rings is 1. The topological polar surface area (TPSA) is 40.6 Å². The molecule has 0 saturated heterocycles. The first-order chi connectivity index (χ1) is 15.6. The molecular formula is C27H38N2O2S. The fourth-order valence-electron chi connectivity index (χ4n) is 4.60. The Morgan fingerprint density at radius 3 is 2.53 bits per heavy atom. The summed E-state index contributed by atoms with van der Waals surface area (Å²) in [6.45, 7) is 8.00. The molecule has 1 aliphatic rings. The number of aryl methyl sites for hydroxylation is 1. The van der Waals surface area contributed by atoms with Gasteiger partial charge < -0.3 is 9.80 Å². The van der Waals surface area contributed by atoms with E-state index < -0.39 is 0 Å². The monoisotopic (exact) mass is 454 g/mol. The average molecular weight is 455 g/mol. The van der Waals surface area contributed by atoms with Crippen LogP contribution in [0.5, 0.6) is 0 Å². The van der Waals surface area contributed by atoms with Crippen LogP contribution >= 0.6 is 11.3 Å². The molecule has 2 heterocycles. The van der Waals surface area contributed by atoms with E-state index in [1.54, 1.807) is 11.3 Å². The number of fused-ring (bicyclic) bond motifs is 1. The lowest BCUT2D eigenvalue weighted by Gasteiger charge is -2.38. The molecule has 5 heteroatoms. The second-order valence-corrected chi connectivity index (χ2v) is 9.88. The fraction of sp³-hybridized carbons (Fsp3) is 0.556. The summed E-state index contributed by atoms with van der Waals surface area (Å²) in [6.07, 6.45) is 7.64. The van der Waals surface area contributed by atoms with Crippen molar-refractivity contribution in [3.8, 4) is 0 Å². The predicted molar refractivity (Wildman–Crippen MR) is 133 cm³/mol. The van der Waals surface area contributed by atoms with Crippen molar-refractivity contribution in [3.05, 3.63) is 57.3 Å². The van der Waals surface area contributed by atoms with Gasteiger partial charge >= 0.3 is 0 Å². The molecule has 2 amide bonds. The summed E-state index contributed by atoms with van der Waals surface area (Å²) in [5.74, 6) is 0.194. The molecule has 3 rings (SSSR count). The van der Waals surface area contributed by atoms with E-state index in [9.17, 15) is 9.59 Å². The molecule has 0 radical (unpaired) electrons. The third-order valence-electron chi connectivity index (χ3n) is 6.47. The molecule has 0 N–H and O–H groups in total. The molecule has 0 bridgehead atoms. The zero-order valence-corrected chi connectivity index (χ0v) is 20.8. The summed E-state index contributed by atoms with van der Waals surface area (Å²) in [6, 6.07) is 10.5. The SMILES string of the molecule is CCCCCC(=O)N(CCCCC)CC(=O)N1CCc2sccc2C1c1ccccc1C. The maximum absolute atomic E-state index is 13.6. The minimum absolute atomic E-state index is 0.0635. The van der Waals surface area contributed by atoms with Crippen LogP contribution in [-0.2, 0) is 16.0 Å². The minimum Gasteiger partial charge on any atom is -0.333 e. The van der Waals surface area contributed by atoms with E-state index in [2.05, 4.69) is 50.4 Å². The Morgan fingerprint density at radius 2 is 1.78 bits per heavy atom. The van der Waals surface area contributed by atoms with Crippen LogP contribution in [0.15, 0.2) is 35.7 Å². The van der Waals surface area contributed by atoms with E-state index >= 15 is 0 Å². The molecule has 0 spiro atoms. The molecule has 1 unspecified atom stereocenters. The zero-order chi connectivity index (χ0) is 22.9. The smallest absolute Gasteiger partial charge is 0.242 e. The van der Waals surface area contributed by atoms with Gasteiger partial charge in [-0.2, -0.15) is 0 Å². The predicted octanol–water partition coefficient (Wildman–Crippen LogP) is 6.13. The van der Waals surface area contributed by atoms with E-state index in [-0.39, 0.29) is 24.4 Å². The number of unbranched alkanes of at least 4 members (excludes halogenated alkanes) is 4. The zero-order valence-electron chi connectivity index (χ0n) is 19.9. The van der Waals surface area contributed by atoms with Gasteiger partial charge in [0.2, 0.25) is 11.8 Å². The van der Waals surface area contributed by atoms with Crippen molar-refractivity contribution in [2.75, 3.05) is 19.6 Å². The van der Waals surface area contributed by atoms with Gasteiger partial charge in [0.15, 0.2) is 0 Å². The Bertz CT molecular complexity index is 891. The molecule has 1 aromatic carbocycles. The molecule has 2 aromatic rings. The highest BCUT2D eigenvalue weighted by molar-refractivity contribution is 7.10. The normalized spacial score (nSPS) is 15.5. The van der Waals surface area contributed by atoms with E-state index in [1.807, 2.05) is 15.9 Å². The van der Waals surface area contributed by atoms with Crippen molar-refractivity contribution < 1.29 is 9.59 Å². The first-order valence-corrected chi connectivity index (χ1v) is 13.1. The minimum atomic E-state index is -0.0635. The Kier molecular flexibility index (Phi) is 9.34. The van der Waals surface area contributed by atoms with Crippen molar-refractivity contribution in [3.63, 3.8) is 0 Å². The Morgan fingerprint density at radius 1 is 1.03 bits per heavy atom.